The van der Waals surface area contributed by atoms with Crippen LogP contribution in [-0.2, 0) is 21.7 Å². The molecule has 0 saturated carbocycles. The summed E-state index contributed by atoms with van der Waals surface area (Å²) in [5.41, 5.74) is 20.0. The molecule has 334 valence electrons. The van der Waals surface area contributed by atoms with Crippen LogP contribution in [0.3, 0.4) is 0 Å². The minimum absolute atomic E-state index is 0.0192. The quantitative estimate of drug-likeness (QED) is 0.154. The van der Waals surface area contributed by atoms with Crippen LogP contribution in [0.5, 0.6) is 0 Å². The molecular formula is C61H55BN4OS. The Balaban J connectivity index is 1.21. The van der Waals surface area contributed by atoms with Crippen LogP contribution >= 0.6 is 11.3 Å². The Kier molecular flexibility index (Phi) is 8.09. The number of thiophene rings is 1. The van der Waals surface area contributed by atoms with Crippen LogP contribution < -0.4 is 25.5 Å². The van der Waals surface area contributed by atoms with Gasteiger partial charge in [-0.2, -0.15) is 5.26 Å². The number of rotatable bonds is 1. The van der Waals surface area contributed by atoms with E-state index >= 15 is 0 Å². The third-order valence-electron chi connectivity index (χ3n) is 15.3. The molecule has 0 atom stereocenters. The summed E-state index contributed by atoms with van der Waals surface area (Å²) >= 11 is 1.92. The van der Waals surface area contributed by atoms with Gasteiger partial charge in [0.25, 0.3) is 6.71 Å². The number of aromatic nitrogens is 1. The van der Waals surface area contributed by atoms with Crippen molar-refractivity contribution < 1.29 is 4.42 Å². The fourth-order valence-electron chi connectivity index (χ4n) is 11.5. The van der Waals surface area contributed by atoms with Crippen molar-refractivity contribution in [3.63, 3.8) is 0 Å². The molecule has 7 aromatic carbocycles. The molecule has 7 heteroatoms. The summed E-state index contributed by atoms with van der Waals surface area (Å²) < 4.78 is 11.8. The molecule has 68 heavy (non-hydrogen) atoms. The molecule has 0 unspecified atom stereocenters. The zero-order chi connectivity index (χ0) is 47.3. The Hall–Kier alpha value is -6.75. The first-order valence-corrected chi connectivity index (χ1v) is 25.0. The predicted octanol–water partition coefficient (Wildman–Crippen LogP) is 15.4. The van der Waals surface area contributed by atoms with E-state index in [0.717, 1.165) is 44.7 Å². The molecule has 0 radical (unpaired) electrons. The third kappa shape index (κ3) is 5.61. The fraction of sp³-hybridized carbons (Fsp3) is 0.262. The summed E-state index contributed by atoms with van der Waals surface area (Å²) in [7, 11) is 0. The molecule has 0 saturated heterocycles. The normalized spacial score (nSPS) is 14.4. The predicted molar refractivity (Wildman–Crippen MR) is 291 cm³/mol. The molecule has 0 bridgehead atoms. The Bertz CT molecular complexity index is 3940. The van der Waals surface area contributed by atoms with Crippen molar-refractivity contribution >= 4 is 122 Å². The van der Waals surface area contributed by atoms with Crippen molar-refractivity contribution in [2.75, 3.05) is 9.80 Å². The second-order valence-electron chi connectivity index (χ2n) is 23.8. The van der Waals surface area contributed by atoms with Crippen molar-refractivity contribution in [1.29, 1.82) is 5.26 Å². The van der Waals surface area contributed by atoms with Gasteiger partial charge in [0.15, 0.2) is 0 Å². The van der Waals surface area contributed by atoms with Gasteiger partial charge >= 0.3 is 0 Å². The molecular weight excluding hydrogens is 848 g/mol. The maximum absolute atomic E-state index is 11.2. The van der Waals surface area contributed by atoms with Crippen LogP contribution in [0.25, 0.3) is 59.5 Å². The highest BCUT2D eigenvalue weighted by molar-refractivity contribution is 7.33. The van der Waals surface area contributed by atoms with Gasteiger partial charge in [0.05, 0.1) is 45.4 Å². The van der Waals surface area contributed by atoms with E-state index in [9.17, 15) is 5.26 Å². The van der Waals surface area contributed by atoms with E-state index < -0.39 is 0 Å². The zero-order valence-corrected chi connectivity index (χ0v) is 42.0. The highest BCUT2D eigenvalue weighted by Crippen LogP contribution is 2.56. The van der Waals surface area contributed by atoms with E-state index in [-0.39, 0.29) is 28.4 Å². The van der Waals surface area contributed by atoms with Gasteiger partial charge in [-0.3, -0.25) is 0 Å². The number of anilines is 6. The number of para-hydroxylation sites is 1. The van der Waals surface area contributed by atoms with Gasteiger partial charge in [0.1, 0.15) is 11.2 Å². The van der Waals surface area contributed by atoms with Crippen LogP contribution in [0, 0.1) is 11.3 Å². The smallest absolute Gasteiger partial charge is 0.264 e. The van der Waals surface area contributed by atoms with Gasteiger partial charge in [-0.1, -0.05) is 119 Å². The van der Waals surface area contributed by atoms with Crippen LogP contribution in [0.1, 0.15) is 111 Å². The standard InChI is InChI=1S/C61H55BN4OS/c1-58(2,3)34-17-21-45-41(25-34)42-27-36(60(7,8)9)29-48-54(42)65(45)49-30-37(61(10,11)12)28-44-56(49)66(48)47-24-33(32-63)23-46-53(47)62(44)57-55(43-26-35(59(4,5)6)18-22-52(43)68-57)64(46)38-19-20-40-39-15-13-14-16-50(39)67-51(40)31-38/h13-31H,1-12H3. The van der Waals surface area contributed by atoms with Crippen LogP contribution in [0.15, 0.2) is 120 Å². The van der Waals surface area contributed by atoms with Crippen LogP contribution in [0.2, 0.25) is 0 Å². The van der Waals surface area contributed by atoms with Gasteiger partial charge < -0.3 is 18.8 Å². The second kappa shape index (κ2) is 13.3. The van der Waals surface area contributed by atoms with E-state index in [4.69, 9.17) is 4.42 Å². The Morgan fingerprint density at radius 3 is 1.84 bits per heavy atom. The summed E-state index contributed by atoms with van der Waals surface area (Å²) in [6, 6.07) is 46.2. The largest absolute Gasteiger partial charge is 0.456 e. The van der Waals surface area contributed by atoms with E-state index in [2.05, 4.69) is 213 Å². The van der Waals surface area contributed by atoms with Gasteiger partial charge in [-0.25, -0.2) is 0 Å². The number of furan rings is 1. The van der Waals surface area contributed by atoms with Gasteiger partial charge in [-0.05, 0) is 128 Å². The lowest BCUT2D eigenvalue weighted by Gasteiger charge is -2.46. The highest BCUT2D eigenvalue weighted by Gasteiger charge is 2.49. The lowest BCUT2D eigenvalue weighted by molar-refractivity contribution is 0.590. The van der Waals surface area contributed by atoms with E-state index in [1.807, 2.05) is 17.4 Å². The summed E-state index contributed by atoms with van der Waals surface area (Å²) in [6.45, 7) is 27.8. The molecule has 0 amide bonds. The zero-order valence-electron chi connectivity index (χ0n) is 41.2. The third-order valence-corrected chi connectivity index (χ3v) is 16.5. The van der Waals surface area contributed by atoms with Crippen LogP contribution in [-0.4, -0.2) is 11.3 Å². The number of benzene rings is 7. The second-order valence-corrected chi connectivity index (χ2v) is 24.9. The van der Waals surface area contributed by atoms with Gasteiger partial charge in [0.2, 0.25) is 0 Å². The minimum atomic E-state index is -0.144. The van der Waals surface area contributed by atoms with E-state index in [0.29, 0.717) is 5.56 Å². The Morgan fingerprint density at radius 1 is 0.515 bits per heavy atom. The molecule has 13 rings (SSSR count). The molecule has 3 aliphatic rings. The number of hydrogen-bond acceptors (Lipinski definition) is 5. The average molecular weight is 903 g/mol. The van der Waals surface area contributed by atoms with Crippen molar-refractivity contribution in [2.24, 2.45) is 0 Å². The van der Waals surface area contributed by atoms with Crippen molar-refractivity contribution in [3.05, 3.63) is 143 Å². The number of hydrogen-bond donors (Lipinski definition) is 0. The molecule has 3 aliphatic heterocycles. The van der Waals surface area contributed by atoms with Gasteiger partial charge in [-0.15, -0.1) is 11.3 Å². The SMILES string of the molecule is CC(C)(C)c1cc2c3c(c1)-n1c4ccc(C(C)(C)C)cc4c4cc(C(C)(C)C)cc(c41)N3c1cc(C#N)cc3c1B2c1sc2ccc(C(C)(C)C)cc2c1N3c1ccc2c(c1)oc1ccccc12. The van der Waals surface area contributed by atoms with E-state index in [1.165, 1.54) is 86.9 Å². The first-order valence-electron chi connectivity index (χ1n) is 24.2. The number of nitrogens with zero attached hydrogens (tertiary/aromatic N) is 4. The number of nitriles is 1. The molecule has 3 aromatic heterocycles. The molecule has 0 spiro atoms. The maximum Gasteiger partial charge on any atom is 0.264 e. The molecule has 0 fully saturated rings. The topological polar surface area (TPSA) is 48.3 Å². The van der Waals surface area contributed by atoms with Crippen molar-refractivity contribution in [3.8, 4) is 11.8 Å². The first-order chi connectivity index (χ1) is 32.2. The Labute approximate surface area is 403 Å². The first kappa shape index (κ1) is 41.4. The lowest BCUT2D eigenvalue weighted by Crippen LogP contribution is -2.61. The van der Waals surface area contributed by atoms with Crippen molar-refractivity contribution in [2.45, 2.75) is 105 Å². The fourth-order valence-corrected chi connectivity index (χ4v) is 12.8. The summed E-state index contributed by atoms with van der Waals surface area (Å²) in [4.78, 5) is 5.03. The average Bonchev–Trinajstić information content (AvgIpc) is 3.96. The monoisotopic (exact) mass is 902 g/mol. The highest BCUT2D eigenvalue weighted by atomic mass is 32.1. The van der Waals surface area contributed by atoms with Crippen molar-refractivity contribution in [1.82, 2.24) is 4.57 Å². The summed E-state index contributed by atoms with van der Waals surface area (Å²) in [5, 5.41) is 17.1. The molecule has 5 nitrogen and oxygen atoms in total. The summed E-state index contributed by atoms with van der Waals surface area (Å²) in [6.07, 6.45) is 0. The minimum Gasteiger partial charge on any atom is -0.456 e. The van der Waals surface area contributed by atoms with Gasteiger partial charge in [0, 0.05) is 59.5 Å². The molecule has 10 aromatic rings. The number of fused-ring (bicyclic) bond motifs is 14. The summed E-state index contributed by atoms with van der Waals surface area (Å²) in [5.74, 6) is 0. The van der Waals surface area contributed by atoms with Crippen LogP contribution in [0.4, 0.5) is 34.1 Å². The molecule has 0 aliphatic carbocycles. The molecule has 0 N–H and O–H groups in total. The molecule has 6 heterocycles. The lowest BCUT2D eigenvalue weighted by atomic mass is 9.35. The Morgan fingerprint density at radius 2 is 1.13 bits per heavy atom. The maximum atomic E-state index is 11.2. The van der Waals surface area contributed by atoms with E-state index in [1.54, 1.807) is 0 Å².